The lowest BCUT2D eigenvalue weighted by Gasteiger charge is -2.28. The third-order valence-corrected chi connectivity index (χ3v) is 4.11. The summed E-state index contributed by atoms with van der Waals surface area (Å²) in [5.41, 5.74) is 6.07. The number of amidine groups is 1. The first-order valence-corrected chi connectivity index (χ1v) is 7.13. The van der Waals surface area contributed by atoms with Crippen LogP contribution >= 0.6 is 11.6 Å². The second kappa shape index (κ2) is 6.90. The Morgan fingerprint density at radius 2 is 2.15 bits per heavy atom. The van der Waals surface area contributed by atoms with Gasteiger partial charge in [0.25, 0.3) is 0 Å². The molecule has 0 atom stereocenters. The normalized spacial score (nSPS) is 17.1. The molecule has 6 heteroatoms. The van der Waals surface area contributed by atoms with Crippen molar-refractivity contribution in [2.24, 2.45) is 10.9 Å². The predicted octanol–water partition coefficient (Wildman–Crippen LogP) is 2.97. The van der Waals surface area contributed by atoms with Gasteiger partial charge in [0.1, 0.15) is 5.82 Å². The van der Waals surface area contributed by atoms with E-state index in [9.17, 15) is 4.39 Å². The third-order valence-electron chi connectivity index (χ3n) is 3.76. The number of hydrogen-bond acceptors (Lipinski definition) is 3. The van der Waals surface area contributed by atoms with Crippen molar-refractivity contribution in [3.05, 3.63) is 34.6 Å². The van der Waals surface area contributed by atoms with E-state index in [-0.39, 0.29) is 11.7 Å². The van der Waals surface area contributed by atoms with E-state index in [0.29, 0.717) is 29.7 Å². The minimum absolute atomic E-state index is 0.129. The van der Waals surface area contributed by atoms with Gasteiger partial charge in [-0.2, -0.15) is 0 Å². The van der Waals surface area contributed by atoms with Crippen LogP contribution in [0, 0.1) is 5.82 Å². The number of nitrogens with zero attached hydrogens (tertiary/aromatic N) is 2. The zero-order valence-corrected chi connectivity index (χ0v) is 12.0. The summed E-state index contributed by atoms with van der Waals surface area (Å²) in [6.07, 6.45) is 4.40. The third kappa shape index (κ3) is 3.61. The first-order valence-electron chi connectivity index (χ1n) is 6.75. The summed E-state index contributed by atoms with van der Waals surface area (Å²) in [5.74, 6) is -0.190. The lowest BCUT2D eigenvalue weighted by molar-refractivity contribution is 0.211. The SMILES string of the molecule is NC(CN(Cc1c(F)cccc1Cl)C1CCCC1)=NO. The summed E-state index contributed by atoms with van der Waals surface area (Å²) < 4.78 is 13.9. The van der Waals surface area contributed by atoms with Gasteiger partial charge in [-0.25, -0.2) is 4.39 Å². The van der Waals surface area contributed by atoms with Crippen molar-refractivity contribution < 1.29 is 9.60 Å². The smallest absolute Gasteiger partial charge is 0.153 e. The molecule has 20 heavy (non-hydrogen) atoms. The molecule has 0 saturated heterocycles. The van der Waals surface area contributed by atoms with Crippen LogP contribution in [-0.2, 0) is 6.54 Å². The monoisotopic (exact) mass is 299 g/mol. The lowest BCUT2D eigenvalue weighted by Crippen LogP contribution is -2.40. The van der Waals surface area contributed by atoms with Gasteiger partial charge in [0.15, 0.2) is 5.84 Å². The molecule has 110 valence electrons. The molecule has 0 amide bonds. The zero-order chi connectivity index (χ0) is 14.5. The van der Waals surface area contributed by atoms with Gasteiger partial charge in [-0.1, -0.05) is 35.7 Å². The van der Waals surface area contributed by atoms with Gasteiger partial charge in [-0.15, -0.1) is 0 Å². The van der Waals surface area contributed by atoms with Gasteiger partial charge in [-0.05, 0) is 25.0 Å². The van der Waals surface area contributed by atoms with E-state index in [1.165, 1.54) is 6.07 Å². The fourth-order valence-electron chi connectivity index (χ4n) is 2.71. The second-order valence-corrected chi connectivity index (χ2v) is 5.54. The average molecular weight is 300 g/mol. The molecule has 1 saturated carbocycles. The van der Waals surface area contributed by atoms with Crippen molar-refractivity contribution >= 4 is 17.4 Å². The van der Waals surface area contributed by atoms with Crippen LogP contribution < -0.4 is 5.73 Å². The first-order chi connectivity index (χ1) is 9.61. The number of rotatable bonds is 5. The van der Waals surface area contributed by atoms with Crippen LogP contribution in [0.4, 0.5) is 4.39 Å². The molecule has 0 aromatic heterocycles. The molecule has 4 nitrogen and oxygen atoms in total. The molecule has 1 aromatic carbocycles. The molecule has 1 fully saturated rings. The van der Waals surface area contributed by atoms with E-state index in [0.717, 1.165) is 25.7 Å². The molecule has 2 rings (SSSR count). The van der Waals surface area contributed by atoms with E-state index < -0.39 is 0 Å². The fourth-order valence-corrected chi connectivity index (χ4v) is 2.93. The molecular formula is C14H19ClFN3O. The van der Waals surface area contributed by atoms with Crippen molar-refractivity contribution in [3.8, 4) is 0 Å². The van der Waals surface area contributed by atoms with Crippen molar-refractivity contribution in [1.82, 2.24) is 4.90 Å². The molecule has 0 spiro atoms. The number of nitrogens with two attached hydrogens (primary N) is 1. The Balaban J connectivity index is 2.18. The van der Waals surface area contributed by atoms with E-state index in [2.05, 4.69) is 5.16 Å². The maximum atomic E-state index is 13.9. The molecule has 3 N–H and O–H groups in total. The Labute approximate surface area is 123 Å². The van der Waals surface area contributed by atoms with Crippen molar-refractivity contribution in [2.75, 3.05) is 6.54 Å². The first kappa shape index (κ1) is 15.1. The number of benzene rings is 1. The van der Waals surface area contributed by atoms with Crippen LogP contribution in [0.1, 0.15) is 31.2 Å². The van der Waals surface area contributed by atoms with Gasteiger partial charge in [0.2, 0.25) is 0 Å². The summed E-state index contributed by atoms with van der Waals surface area (Å²) in [4.78, 5) is 2.03. The highest BCUT2D eigenvalue weighted by atomic mass is 35.5. The van der Waals surface area contributed by atoms with Crippen LogP contribution in [0.3, 0.4) is 0 Å². The van der Waals surface area contributed by atoms with Crippen LogP contribution in [0.2, 0.25) is 5.02 Å². The van der Waals surface area contributed by atoms with Crippen LogP contribution in [0.5, 0.6) is 0 Å². The topological polar surface area (TPSA) is 61.8 Å². The van der Waals surface area contributed by atoms with Crippen molar-refractivity contribution in [1.29, 1.82) is 0 Å². The maximum absolute atomic E-state index is 13.9. The summed E-state index contributed by atoms with van der Waals surface area (Å²) in [7, 11) is 0. The largest absolute Gasteiger partial charge is 0.409 e. The molecule has 0 heterocycles. The molecule has 1 aliphatic carbocycles. The minimum Gasteiger partial charge on any atom is -0.409 e. The van der Waals surface area contributed by atoms with Gasteiger partial charge in [-0.3, -0.25) is 4.90 Å². The summed E-state index contributed by atoms with van der Waals surface area (Å²) in [6.45, 7) is 0.679. The molecule has 1 aromatic rings. The Morgan fingerprint density at radius 3 is 2.75 bits per heavy atom. The molecule has 1 aliphatic rings. The Hall–Kier alpha value is -1.33. The summed E-state index contributed by atoms with van der Waals surface area (Å²) >= 11 is 6.07. The van der Waals surface area contributed by atoms with Crippen LogP contribution in [0.25, 0.3) is 0 Å². The number of oxime groups is 1. The van der Waals surface area contributed by atoms with Gasteiger partial charge in [0.05, 0.1) is 6.54 Å². The summed E-state index contributed by atoms with van der Waals surface area (Å²) in [6, 6.07) is 4.99. The van der Waals surface area contributed by atoms with Gasteiger partial charge < -0.3 is 10.9 Å². The lowest BCUT2D eigenvalue weighted by atomic mass is 10.1. The quantitative estimate of drug-likeness (QED) is 0.380. The molecule has 0 radical (unpaired) electrons. The van der Waals surface area contributed by atoms with Crippen molar-refractivity contribution in [2.45, 2.75) is 38.3 Å². The average Bonchev–Trinajstić information content (AvgIpc) is 2.95. The Morgan fingerprint density at radius 1 is 1.45 bits per heavy atom. The minimum atomic E-state index is -0.319. The highest BCUT2D eigenvalue weighted by Gasteiger charge is 2.25. The predicted molar refractivity (Wildman–Crippen MR) is 77.5 cm³/mol. The van der Waals surface area contributed by atoms with E-state index in [1.807, 2.05) is 4.90 Å². The summed E-state index contributed by atoms with van der Waals surface area (Å²) in [5, 5.41) is 12.2. The van der Waals surface area contributed by atoms with E-state index in [1.54, 1.807) is 12.1 Å². The van der Waals surface area contributed by atoms with E-state index >= 15 is 0 Å². The number of halogens is 2. The number of hydrogen-bond donors (Lipinski definition) is 2. The Kier molecular flexibility index (Phi) is 5.20. The second-order valence-electron chi connectivity index (χ2n) is 5.13. The standard InChI is InChI=1S/C14H19ClFN3O/c15-12-6-3-7-13(16)11(12)8-19(9-14(17)18-20)10-4-1-2-5-10/h3,6-7,10,20H,1-2,4-5,8-9H2,(H2,17,18). The Bertz CT molecular complexity index is 469. The van der Waals surface area contributed by atoms with Crippen molar-refractivity contribution in [3.63, 3.8) is 0 Å². The molecule has 0 unspecified atom stereocenters. The molecular weight excluding hydrogens is 281 g/mol. The van der Waals surface area contributed by atoms with Crippen LogP contribution in [-0.4, -0.2) is 28.5 Å². The zero-order valence-electron chi connectivity index (χ0n) is 11.2. The highest BCUT2D eigenvalue weighted by molar-refractivity contribution is 6.31. The van der Waals surface area contributed by atoms with Gasteiger partial charge >= 0.3 is 0 Å². The van der Waals surface area contributed by atoms with Gasteiger partial charge in [0, 0.05) is 23.2 Å². The molecule has 0 bridgehead atoms. The highest BCUT2D eigenvalue weighted by Crippen LogP contribution is 2.27. The maximum Gasteiger partial charge on any atom is 0.153 e. The molecule has 0 aliphatic heterocycles. The van der Waals surface area contributed by atoms with Crippen LogP contribution in [0.15, 0.2) is 23.4 Å². The fraction of sp³-hybridized carbons (Fsp3) is 0.500. The van der Waals surface area contributed by atoms with E-state index in [4.69, 9.17) is 22.5 Å².